The Balaban J connectivity index is 2.28. The molecule has 0 heterocycles. The molecule has 0 fully saturated rings. The van der Waals surface area contributed by atoms with Crippen LogP contribution in [0, 0.1) is 11.6 Å². The van der Waals surface area contributed by atoms with Crippen LogP contribution in [-0.2, 0) is 16.6 Å². The van der Waals surface area contributed by atoms with E-state index in [0.717, 1.165) is 12.1 Å². The molecule has 0 saturated carbocycles. The molecule has 0 amide bonds. The zero-order valence-electron chi connectivity index (χ0n) is 12.5. The van der Waals surface area contributed by atoms with Gasteiger partial charge in [0.2, 0.25) is 10.0 Å². The van der Waals surface area contributed by atoms with Crippen molar-refractivity contribution >= 4 is 10.0 Å². The topological polar surface area (TPSA) is 64.6 Å². The van der Waals surface area contributed by atoms with E-state index in [2.05, 4.69) is 4.72 Å². The molecule has 0 unspecified atom stereocenters. The van der Waals surface area contributed by atoms with Gasteiger partial charge in [0.15, 0.2) is 0 Å². The molecule has 5 nitrogen and oxygen atoms in total. The van der Waals surface area contributed by atoms with Crippen LogP contribution in [0.2, 0.25) is 0 Å². The van der Waals surface area contributed by atoms with Crippen LogP contribution in [0.4, 0.5) is 8.78 Å². The molecule has 0 aliphatic carbocycles. The highest BCUT2D eigenvalue weighted by molar-refractivity contribution is 7.89. The molecule has 0 atom stereocenters. The fraction of sp³-hybridized carbons (Fsp3) is 0.200. The summed E-state index contributed by atoms with van der Waals surface area (Å²) in [7, 11) is -1.22. The van der Waals surface area contributed by atoms with Gasteiger partial charge in [-0.2, -0.15) is 0 Å². The summed E-state index contributed by atoms with van der Waals surface area (Å²) < 4.78 is 63.3. The first-order chi connectivity index (χ1) is 10.9. The van der Waals surface area contributed by atoms with Crippen LogP contribution >= 0.6 is 0 Å². The highest BCUT2D eigenvalue weighted by Crippen LogP contribution is 2.28. The van der Waals surface area contributed by atoms with Crippen molar-refractivity contribution in [2.24, 2.45) is 0 Å². The number of ether oxygens (including phenoxy) is 2. The van der Waals surface area contributed by atoms with Gasteiger partial charge in [-0.1, -0.05) is 0 Å². The van der Waals surface area contributed by atoms with E-state index < -0.39 is 21.7 Å². The summed E-state index contributed by atoms with van der Waals surface area (Å²) in [4.78, 5) is -0.128. The van der Waals surface area contributed by atoms with Crippen molar-refractivity contribution in [1.82, 2.24) is 4.72 Å². The maximum atomic E-state index is 13.1. The molecular formula is C15H15F2NO4S. The Morgan fingerprint density at radius 1 is 1.00 bits per heavy atom. The summed E-state index contributed by atoms with van der Waals surface area (Å²) in [5.41, 5.74) is 0.160. The molecule has 0 aliphatic heterocycles. The highest BCUT2D eigenvalue weighted by atomic mass is 32.2. The van der Waals surface area contributed by atoms with Crippen molar-refractivity contribution in [1.29, 1.82) is 0 Å². The molecule has 2 aromatic carbocycles. The fourth-order valence-electron chi connectivity index (χ4n) is 1.96. The normalized spacial score (nSPS) is 11.3. The van der Waals surface area contributed by atoms with E-state index in [1.54, 1.807) is 6.07 Å². The molecule has 124 valence electrons. The van der Waals surface area contributed by atoms with Gasteiger partial charge in [0.25, 0.3) is 0 Å². The lowest BCUT2D eigenvalue weighted by Gasteiger charge is -2.12. The van der Waals surface area contributed by atoms with Gasteiger partial charge in [-0.25, -0.2) is 21.9 Å². The molecule has 1 N–H and O–H groups in total. The van der Waals surface area contributed by atoms with Crippen molar-refractivity contribution in [3.8, 4) is 11.5 Å². The summed E-state index contributed by atoms with van der Waals surface area (Å²) in [6.07, 6.45) is 0. The zero-order valence-corrected chi connectivity index (χ0v) is 13.3. The summed E-state index contributed by atoms with van der Waals surface area (Å²) in [6, 6.07) is 7.12. The fourth-order valence-corrected chi connectivity index (χ4v) is 3.16. The summed E-state index contributed by atoms with van der Waals surface area (Å²) in [5.74, 6) is -1.09. The second kappa shape index (κ2) is 6.93. The third-order valence-corrected chi connectivity index (χ3v) is 4.47. The second-order valence-corrected chi connectivity index (χ2v) is 6.35. The Morgan fingerprint density at radius 2 is 1.65 bits per heavy atom. The molecule has 2 aromatic rings. The summed E-state index contributed by atoms with van der Waals surface area (Å²) in [5, 5.41) is 0. The predicted molar refractivity (Wildman–Crippen MR) is 79.9 cm³/mol. The van der Waals surface area contributed by atoms with Gasteiger partial charge in [-0.3, -0.25) is 0 Å². The van der Waals surface area contributed by atoms with Gasteiger partial charge in [-0.15, -0.1) is 0 Å². The van der Waals surface area contributed by atoms with Crippen LogP contribution in [0.25, 0.3) is 0 Å². The minimum atomic E-state index is -3.96. The molecular weight excluding hydrogens is 328 g/mol. The maximum absolute atomic E-state index is 13.1. The summed E-state index contributed by atoms with van der Waals surface area (Å²) in [6.45, 7) is -0.266. The Hall–Kier alpha value is -2.19. The lowest BCUT2D eigenvalue weighted by molar-refractivity contribution is 0.392. The lowest BCUT2D eigenvalue weighted by Crippen LogP contribution is -2.24. The van der Waals surface area contributed by atoms with Crippen LogP contribution in [0.1, 0.15) is 5.56 Å². The monoisotopic (exact) mass is 343 g/mol. The van der Waals surface area contributed by atoms with E-state index >= 15 is 0 Å². The molecule has 0 aliphatic rings. The van der Waals surface area contributed by atoms with Crippen LogP contribution in [-0.4, -0.2) is 22.6 Å². The highest BCUT2D eigenvalue weighted by Gasteiger charge is 2.20. The average Bonchev–Trinajstić information content (AvgIpc) is 2.51. The number of benzene rings is 2. The minimum Gasteiger partial charge on any atom is -0.497 e. The van der Waals surface area contributed by atoms with Crippen molar-refractivity contribution in [3.05, 3.63) is 53.6 Å². The van der Waals surface area contributed by atoms with E-state index in [9.17, 15) is 17.2 Å². The predicted octanol–water partition coefficient (Wildman–Crippen LogP) is 2.46. The lowest BCUT2D eigenvalue weighted by atomic mass is 10.2. The molecule has 0 aromatic heterocycles. The quantitative estimate of drug-likeness (QED) is 0.875. The van der Waals surface area contributed by atoms with E-state index in [1.165, 1.54) is 26.4 Å². The second-order valence-electron chi connectivity index (χ2n) is 4.62. The molecule has 8 heteroatoms. The number of halogens is 2. The van der Waals surface area contributed by atoms with Gasteiger partial charge in [0, 0.05) is 18.7 Å². The molecule has 0 radical (unpaired) electrons. The van der Waals surface area contributed by atoms with Gasteiger partial charge in [0.1, 0.15) is 28.0 Å². The van der Waals surface area contributed by atoms with Crippen LogP contribution in [0.15, 0.2) is 41.3 Å². The van der Waals surface area contributed by atoms with Crippen molar-refractivity contribution in [2.75, 3.05) is 14.2 Å². The van der Waals surface area contributed by atoms with Crippen LogP contribution in [0.5, 0.6) is 11.5 Å². The Labute approximate surface area is 132 Å². The Kier molecular flexibility index (Phi) is 5.17. The third kappa shape index (κ3) is 4.17. The van der Waals surface area contributed by atoms with Gasteiger partial charge < -0.3 is 9.47 Å². The van der Waals surface area contributed by atoms with Crippen molar-refractivity contribution < 1.29 is 26.7 Å². The maximum Gasteiger partial charge on any atom is 0.244 e. The minimum absolute atomic E-state index is 0.128. The molecule has 0 spiro atoms. The van der Waals surface area contributed by atoms with Crippen LogP contribution < -0.4 is 14.2 Å². The van der Waals surface area contributed by atoms with Crippen molar-refractivity contribution in [3.63, 3.8) is 0 Å². The first-order valence-corrected chi connectivity index (χ1v) is 8.00. The first kappa shape index (κ1) is 17.2. The van der Waals surface area contributed by atoms with E-state index in [0.29, 0.717) is 11.8 Å². The molecule has 0 bridgehead atoms. The van der Waals surface area contributed by atoms with Crippen LogP contribution in [0.3, 0.4) is 0 Å². The Bertz CT molecular complexity index is 789. The molecule has 23 heavy (non-hydrogen) atoms. The first-order valence-electron chi connectivity index (χ1n) is 6.52. The largest absolute Gasteiger partial charge is 0.497 e. The number of rotatable bonds is 6. The Morgan fingerprint density at radius 3 is 2.22 bits per heavy atom. The average molecular weight is 343 g/mol. The van der Waals surface area contributed by atoms with Gasteiger partial charge in [0.05, 0.1) is 14.2 Å². The van der Waals surface area contributed by atoms with Gasteiger partial charge in [-0.05, 0) is 29.8 Å². The zero-order chi connectivity index (χ0) is 17.0. The molecule has 0 saturated heterocycles. The number of nitrogens with one attached hydrogen (secondary N) is 1. The van der Waals surface area contributed by atoms with E-state index in [1.807, 2.05) is 0 Å². The smallest absolute Gasteiger partial charge is 0.244 e. The SMILES string of the molecule is COc1ccc(OC)c(S(=O)(=O)NCc2cc(F)cc(F)c2)c1. The molecule has 2 rings (SSSR count). The third-order valence-electron chi connectivity index (χ3n) is 3.05. The van der Waals surface area contributed by atoms with E-state index in [-0.39, 0.29) is 22.8 Å². The van der Waals surface area contributed by atoms with Crippen molar-refractivity contribution in [2.45, 2.75) is 11.4 Å². The van der Waals surface area contributed by atoms with E-state index in [4.69, 9.17) is 9.47 Å². The number of hydrogen-bond acceptors (Lipinski definition) is 4. The number of sulfonamides is 1. The number of methoxy groups -OCH3 is 2. The van der Waals surface area contributed by atoms with Gasteiger partial charge >= 0.3 is 0 Å². The standard InChI is InChI=1S/C15H15F2NO4S/c1-21-13-3-4-14(22-2)15(8-13)23(19,20)18-9-10-5-11(16)7-12(17)6-10/h3-8,18H,9H2,1-2H3. The number of hydrogen-bond donors (Lipinski definition) is 1. The summed E-state index contributed by atoms with van der Waals surface area (Å²) >= 11 is 0.